The number of alkyl halides is 3. The third-order valence-electron chi connectivity index (χ3n) is 2.64. The molecule has 0 saturated heterocycles. The van der Waals surface area contributed by atoms with Gasteiger partial charge in [0, 0.05) is 12.6 Å². The second kappa shape index (κ2) is 5.99. The van der Waals surface area contributed by atoms with Gasteiger partial charge in [-0.25, -0.2) is 4.98 Å². The number of nitrogens with zero attached hydrogens (tertiary/aromatic N) is 2. The van der Waals surface area contributed by atoms with Gasteiger partial charge in [0.25, 0.3) is 0 Å². The van der Waals surface area contributed by atoms with Gasteiger partial charge in [-0.2, -0.15) is 18.2 Å². The van der Waals surface area contributed by atoms with Crippen LogP contribution in [0.2, 0.25) is 0 Å². The van der Waals surface area contributed by atoms with Crippen molar-refractivity contribution < 1.29 is 17.9 Å². The fourth-order valence-electron chi connectivity index (χ4n) is 1.64. The largest absolute Gasteiger partial charge is 0.439 e. The van der Waals surface area contributed by atoms with E-state index in [1.54, 1.807) is 32.0 Å². The number of aryl methyl sites for hydroxylation is 1. The van der Waals surface area contributed by atoms with E-state index in [1.807, 2.05) is 6.07 Å². The van der Waals surface area contributed by atoms with Crippen LogP contribution < -0.4 is 10.1 Å². The van der Waals surface area contributed by atoms with Crippen molar-refractivity contribution in [3.63, 3.8) is 0 Å². The Morgan fingerprint density at radius 3 is 2.52 bits per heavy atom. The number of aromatic nitrogens is 2. The normalized spacial score (nSPS) is 11.3. The zero-order valence-electron chi connectivity index (χ0n) is 11.5. The molecule has 1 aromatic carbocycles. The van der Waals surface area contributed by atoms with Crippen molar-refractivity contribution in [3.05, 3.63) is 41.6 Å². The number of rotatable bonds is 4. The summed E-state index contributed by atoms with van der Waals surface area (Å²) in [5.41, 5.74) is -0.244. The molecule has 0 aliphatic carbocycles. The minimum atomic E-state index is -4.56. The van der Waals surface area contributed by atoms with Crippen molar-refractivity contribution in [1.82, 2.24) is 9.97 Å². The molecule has 0 atom stereocenters. The number of nitrogens with one attached hydrogen (secondary N) is 1. The highest BCUT2D eigenvalue weighted by atomic mass is 19.4. The molecular formula is C14H14F3N3O. The monoisotopic (exact) mass is 297 g/mol. The predicted octanol–water partition coefficient (Wildman–Crippen LogP) is 4.03. The molecule has 4 nitrogen and oxygen atoms in total. The van der Waals surface area contributed by atoms with Crippen LogP contribution in [0.25, 0.3) is 0 Å². The Bertz CT molecular complexity index is 629. The molecule has 2 rings (SSSR count). The number of hydrogen-bond donors (Lipinski definition) is 1. The van der Waals surface area contributed by atoms with Crippen LogP contribution in [0.15, 0.2) is 30.3 Å². The Morgan fingerprint density at radius 2 is 1.90 bits per heavy atom. The van der Waals surface area contributed by atoms with Crippen LogP contribution in [0.4, 0.5) is 19.1 Å². The van der Waals surface area contributed by atoms with E-state index in [2.05, 4.69) is 15.3 Å². The van der Waals surface area contributed by atoms with Crippen LogP contribution in [-0.2, 0) is 6.18 Å². The van der Waals surface area contributed by atoms with Crippen molar-refractivity contribution in [2.24, 2.45) is 0 Å². The standard InChI is InChI=1S/C14H14F3N3O/c1-3-18-13-19-11(14(15,16)17)8-12(20-13)21-10-7-5-4-6-9(10)2/h4-8H,3H2,1-2H3,(H,18,19,20). The Kier molecular flexibility index (Phi) is 4.30. The fraction of sp³-hybridized carbons (Fsp3) is 0.286. The molecule has 1 N–H and O–H groups in total. The highest BCUT2D eigenvalue weighted by Gasteiger charge is 2.34. The molecule has 0 aliphatic heterocycles. The van der Waals surface area contributed by atoms with Gasteiger partial charge in [-0.1, -0.05) is 18.2 Å². The smallest absolute Gasteiger partial charge is 0.433 e. The molecule has 0 aliphatic rings. The molecule has 7 heteroatoms. The minimum Gasteiger partial charge on any atom is -0.439 e. The SMILES string of the molecule is CCNc1nc(Oc2ccccc2C)cc(C(F)(F)F)n1. The number of ether oxygens (including phenoxy) is 1. The molecule has 0 bridgehead atoms. The third-order valence-corrected chi connectivity index (χ3v) is 2.64. The molecule has 0 unspecified atom stereocenters. The summed E-state index contributed by atoms with van der Waals surface area (Å²) < 4.78 is 43.9. The molecule has 0 spiro atoms. The summed E-state index contributed by atoms with van der Waals surface area (Å²) in [6, 6.07) is 7.80. The number of halogens is 3. The summed E-state index contributed by atoms with van der Waals surface area (Å²) in [7, 11) is 0. The molecule has 0 amide bonds. The topological polar surface area (TPSA) is 47.0 Å². The Morgan fingerprint density at radius 1 is 1.19 bits per heavy atom. The lowest BCUT2D eigenvalue weighted by Gasteiger charge is -2.12. The minimum absolute atomic E-state index is 0.115. The van der Waals surface area contributed by atoms with E-state index >= 15 is 0 Å². The maximum absolute atomic E-state index is 12.8. The molecule has 0 saturated carbocycles. The number of benzene rings is 1. The van der Waals surface area contributed by atoms with E-state index in [0.29, 0.717) is 12.3 Å². The molecule has 112 valence electrons. The first-order chi connectivity index (χ1) is 9.90. The molecule has 2 aromatic rings. The van der Waals surface area contributed by atoms with E-state index in [-0.39, 0.29) is 11.8 Å². The van der Waals surface area contributed by atoms with E-state index in [4.69, 9.17) is 4.74 Å². The Labute approximate surface area is 120 Å². The van der Waals surface area contributed by atoms with Crippen LogP contribution in [0.5, 0.6) is 11.6 Å². The zero-order valence-corrected chi connectivity index (χ0v) is 11.5. The highest BCUT2D eigenvalue weighted by Crippen LogP contribution is 2.32. The second-order valence-corrected chi connectivity index (χ2v) is 4.31. The van der Waals surface area contributed by atoms with Crippen molar-refractivity contribution in [1.29, 1.82) is 0 Å². The van der Waals surface area contributed by atoms with E-state index in [1.165, 1.54) is 0 Å². The van der Waals surface area contributed by atoms with Crippen molar-refractivity contribution in [2.75, 3.05) is 11.9 Å². The second-order valence-electron chi connectivity index (χ2n) is 4.31. The molecule has 1 heterocycles. The highest BCUT2D eigenvalue weighted by molar-refractivity contribution is 5.38. The Hall–Kier alpha value is -2.31. The van der Waals surface area contributed by atoms with Crippen molar-refractivity contribution >= 4 is 5.95 Å². The summed E-state index contributed by atoms with van der Waals surface area (Å²) in [6.07, 6.45) is -4.56. The average Bonchev–Trinajstić information content (AvgIpc) is 2.41. The van der Waals surface area contributed by atoms with E-state index in [0.717, 1.165) is 11.6 Å². The van der Waals surface area contributed by atoms with Gasteiger partial charge in [-0.05, 0) is 25.5 Å². The number of para-hydroxylation sites is 1. The molecule has 1 aromatic heterocycles. The predicted molar refractivity (Wildman–Crippen MR) is 72.5 cm³/mol. The summed E-state index contributed by atoms with van der Waals surface area (Å²) in [4.78, 5) is 7.36. The van der Waals surface area contributed by atoms with Gasteiger partial charge in [-0.15, -0.1) is 0 Å². The summed E-state index contributed by atoms with van der Waals surface area (Å²) in [6.45, 7) is 3.95. The lowest BCUT2D eigenvalue weighted by atomic mass is 10.2. The quantitative estimate of drug-likeness (QED) is 0.925. The van der Waals surface area contributed by atoms with Gasteiger partial charge in [0.05, 0.1) is 0 Å². The number of anilines is 1. The van der Waals surface area contributed by atoms with Crippen LogP contribution in [-0.4, -0.2) is 16.5 Å². The molecular weight excluding hydrogens is 283 g/mol. The van der Waals surface area contributed by atoms with Crippen LogP contribution >= 0.6 is 0 Å². The molecule has 21 heavy (non-hydrogen) atoms. The lowest BCUT2D eigenvalue weighted by Crippen LogP contribution is -2.12. The van der Waals surface area contributed by atoms with Gasteiger partial charge in [-0.3, -0.25) is 0 Å². The lowest BCUT2D eigenvalue weighted by molar-refractivity contribution is -0.141. The van der Waals surface area contributed by atoms with Gasteiger partial charge in [0.1, 0.15) is 5.75 Å². The number of hydrogen-bond acceptors (Lipinski definition) is 4. The fourth-order valence-corrected chi connectivity index (χ4v) is 1.64. The maximum atomic E-state index is 12.8. The summed E-state index contributed by atoms with van der Waals surface area (Å²) in [5, 5.41) is 2.66. The van der Waals surface area contributed by atoms with E-state index in [9.17, 15) is 13.2 Å². The van der Waals surface area contributed by atoms with Gasteiger partial charge in [0.2, 0.25) is 11.8 Å². The van der Waals surface area contributed by atoms with Crippen LogP contribution in [0.3, 0.4) is 0 Å². The maximum Gasteiger partial charge on any atom is 0.433 e. The Balaban J connectivity index is 2.38. The van der Waals surface area contributed by atoms with Crippen molar-refractivity contribution in [2.45, 2.75) is 20.0 Å². The van der Waals surface area contributed by atoms with Crippen molar-refractivity contribution in [3.8, 4) is 11.6 Å². The first-order valence-electron chi connectivity index (χ1n) is 6.33. The van der Waals surface area contributed by atoms with Crippen LogP contribution in [0, 0.1) is 6.92 Å². The third kappa shape index (κ3) is 3.84. The first kappa shape index (κ1) is 15.1. The summed E-state index contributed by atoms with van der Waals surface area (Å²) in [5.74, 6) is 0.185. The van der Waals surface area contributed by atoms with E-state index < -0.39 is 11.9 Å². The zero-order chi connectivity index (χ0) is 15.5. The average molecular weight is 297 g/mol. The van der Waals surface area contributed by atoms with Gasteiger partial charge < -0.3 is 10.1 Å². The van der Waals surface area contributed by atoms with Gasteiger partial charge >= 0.3 is 6.18 Å². The van der Waals surface area contributed by atoms with Crippen LogP contribution in [0.1, 0.15) is 18.2 Å². The molecule has 0 fully saturated rings. The first-order valence-corrected chi connectivity index (χ1v) is 6.33. The summed E-state index contributed by atoms with van der Waals surface area (Å²) >= 11 is 0. The van der Waals surface area contributed by atoms with Gasteiger partial charge in [0.15, 0.2) is 5.69 Å². The molecule has 0 radical (unpaired) electrons.